The molecule has 0 heterocycles. The summed E-state index contributed by atoms with van der Waals surface area (Å²) in [4.78, 5) is 31.3. The molecule has 0 aliphatic carbocycles. The molecule has 1 atom stereocenters. The van der Waals surface area contributed by atoms with Crippen LogP contribution in [0.1, 0.15) is 87.8 Å². The Balaban J connectivity index is 0.00000101. The van der Waals surface area contributed by atoms with Crippen molar-refractivity contribution in [3.63, 3.8) is 0 Å². The molecule has 0 bridgehead atoms. The van der Waals surface area contributed by atoms with Crippen LogP contribution in [0, 0.1) is 5.41 Å². The molecule has 0 spiro atoms. The van der Waals surface area contributed by atoms with E-state index in [1.165, 1.54) is 51.4 Å². The zero-order chi connectivity index (χ0) is 29.9. The smallest absolute Gasteiger partial charge is 0.334 e. The molecule has 0 saturated carbocycles. The number of hydrogen-bond acceptors (Lipinski definition) is 9. The van der Waals surface area contributed by atoms with Gasteiger partial charge in [-0.2, -0.15) is 0 Å². The average molecular weight is 603 g/mol. The van der Waals surface area contributed by atoms with E-state index >= 15 is 0 Å². The van der Waals surface area contributed by atoms with Crippen LogP contribution in [0.5, 0.6) is 0 Å². The molecule has 2 rings (SSSR count). The molecule has 0 fully saturated rings. The molecule has 8 N–H and O–H groups in total. The summed E-state index contributed by atoms with van der Waals surface area (Å²) in [6, 6.07) is 16.8. The van der Waals surface area contributed by atoms with Gasteiger partial charge in [-0.15, -0.1) is 0 Å². The molecule has 228 valence electrons. The molecule has 0 aliphatic rings. The minimum Gasteiger partial charge on any atom is -0.395 e. The van der Waals surface area contributed by atoms with Crippen LogP contribution in [0.15, 0.2) is 54.6 Å². The van der Waals surface area contributed by atoms with Gasteiger partial charge in [-0.1, -0.05) is 119 Å². The van der Waals surface area contributed by atoms with E-state index in [-0.39, 0.29) is 0 Å². The maximum absolute atomic E-state index is 12.1. The van der Waals surface area contributed by atoms with Crippen LogP contribution >= 0.6 is 17.2 Å². The number of benzene rings is 2. The van der Waals surface area contributed by atoms with Crippen LogP contribution < -0.4 is 0 Å². The van der Waals surface area contributed by atoms with Gasteiger partial charge in [0.25, 0.3) is 0 Å². The third kappa shape index (κ3) is 11.7. The standard InChI is InChI=1S/C29H44O4.H4O5P2/c1-2-3-4-5-6-7-8-9-10-12-17-25-18-15-16-21-27(25)29(33,26-19-13-11-14-20-26)28(22-30,23-31)24-32;1-6(2)5-7(3)4/h11,13-16,18-21,30-33H,2-10,12,17,22-24H2,1H3;1-4H. The summed E-state index contributed by atoms with van der Waals surface area (Å²) in [5, 5.41) is 42.8. The van der Waals surface area contributed by atoms with Crippen molar-refractivity contribution in [3.05, 3.63) is 71.3 Å². The van der Waals surface area contributed by atoms with E-state index in [0.29, 0.717) is 11.1 Å². The van der Waals surface area contributed by atoms with Gasteiger partial charge in [-0.3, -0.25) is 0 Å². The van der Waals surface area contributed by atoms with E-state index < -0.39 is 48.0 Å². The van der Waals surface area contributed by atoms with Crippen molar-refractivity contribution >= 4 is 17.2 Å². The Morgan fingerprint density at radius 2 is 1.07 bits per heavy atom. The summed E-state index contributed by atoms with van der Waals surface area (Å²) in [6.45, 7) is 0.615. The Hall–Kier alpha value is -1.06. The minimum absolute atomic E-state index is 0.544. The summed E-state index contributed by atoms with van der Waals surface area (Å²) < 4.78 is 3.60. The topological polar surface area (TPSA) is 171 Å². The van der Waals surface area contributed by atoms with E-state index in [1.807, 2.05) is 42.5 Å². The normalized spacial score (nSPS) is 13.3. The third-order valence-corrected chi connectivity index (χ3v) is 8.39. The molecular formula is C29H48O9P2. The predicted molar refractivity (Wildman–Crippen MR) is 159 cm³/mol. The van der Waals surface area contributed by atoms with Crippen molar-refractivity contribution in [2.24, 2.45) is 5.41 Å². The lowest BCUT2D eigenvalue weighted by molar-refractivity contribution is -0.136. The number of aliphatic hydroxyl groups excluding tert-OH is 3. The van der Waals surface area contributed by atoms with Gasteiger partial charge in [0, 0.05) is 0 Å². The van der Waals surface area contributed by atoms with Gasteiger partial charge < -0.3 is 40.0 Å². The lowest BCUT2D eigenvalue weighted by Gasteiger charge is -2.45. The fourth-order valence-corrected chi connectivity index (χ4v) is 5.40. The van der Waals surface area contributed by atoms with Gasteiger partial charge in [0.15, 0.2) is 0 Å². The Morgan fingerprint density at radius 3 is 1.52 bits per heavy atom. The van der Waals surface area contributed by atoms with Crippen LogP contribution in [0.2, 0.25) is 0 Å². The van der Waals surface area contributed by atoms with Gasteiger partial charge >= 0.3 is 17.2 Å². The van der Waals surface area contributed by atoms with Gasteiger partial charge in [0.05, 0.1) is 25.2 Å². The predicted octanol–water partition coefficient (Wildman–Crippen LogP) is 4.78. The van der Waals surface area contributed by atoms with Crippen molar-refractivity contribution < 1.29 is 44.3 Å². The molecule has 9 nitrogen and oxygen atoms in total. The van der Waals surface area contributed by atoms with E-state index in [9.17, 15) is 20.4 Å². The summed E-state index contributed by atoms with van der Waals surface area (Å²) in [7, 11) is -5.22. The number of aryl methyl sites for hydroxylation is 1. The van der Waals surface area contributed by atoms with Gasteiger partial charge in [0.1, 0.15) is 5.60 Å². The minimum atomic E-state index is -2.61. The molecule has 1 unspecified atom stereocenters. The second kappa shape index (κ2) is 20.8. The zero-order valence-electron chi connectivity index (χ0n) is 23.5. The molecule has 0 amide bonds. The summed E-state index contributed by atoms with van der Waals surface area (Å²) in [5.74, 6) is 0. The monoisotopic (exact) mass is 602 g/mol. The summed E-state index contributed by atoms with van der Waals surface area (Å²) in [6.07, 6.45) is 13.4. The number of aliphatic hydroxyl groups is 4. The zero-order valence-corrected chi connectivity index (χ0v) is 25.3. The van der Waals surface area contributed by atoms with Crippen LogP contribution in [0.4, 0.5) is 0 Å². The lowest BCUT2D eigenvalue weighted by atomic mass is 9.64. The lowest BCUT2D eigenvalue weighted by Crippen LogP contribution is -2.54. The number of unbranched alkanes of at least 4 members (excludes halogenated alkanes) is 9. The Morgan fingerprint density at radius 1 is 0.625 bits per heavy atom. The Labute approximate surface area is 241 Å². The van der Waals surface area contributed by atoms with Gasteiger partial charge in [-0.25, -0.2) is 4.31 Å². The molecule has 0 aromatic heterocycles. The fraction of sp³-hybridized carbons (Fsp3) is 0.586. The van der Waals surface area contributed by atoms with E-state index in [4.69, 9.17) is 19.6 Å². The molecule has 2 aromatic rings. The molecule has 40 heavy (non-hydrogen) atoms. The highest BCUT2D eigenvalue weighted by Gasteiger charge is 2.52. The van der Waals surface area contributed by atoms with E-state index in [2.05, 4.69) is 11.2 Å². The molecule has 0 aliphatic heterocycles. The van der Waals surface area contributed by atoms with Crippen molar-refractivity contribution in [1.82, 2.24) is 0 Å². The van der Waals surface area contributed by atoms with E-state index in [0.717, 1.165) is 24.8 Å². The first-order valence-corrected chi connectivity index (χ1v) is 16.3. The SMILES string of the molecule is CCCCCCCCCCCCc1ccccc1C(O)(c1ccccc1)C(CO)(CO)CO.OP(O)OP(O)O. The largest absolute Gasteiger partial charge is 0.395 e. The first-order chi connectivity index (χ1) is 19.2. The van der Waals surface area contributed by atoms with Crippen LogP contribution in [-0.4, -0.2) is 59.8 Å². The highest BCUT2D eigenvalue weighted by atomic mass is 31.2. The van der Waals surface area contributed by atoms with E-state index in [1.54, 1.807) is 12.1 Å². The van der Waals surface area contributed by atoms with Crippen molar-refractivity contribution in [2.75, 3.05) is 19.8 Å². The van der Waals surface area contributed by atoms with Crippen molar-refractivity contribution in [3.8, 4) is 0 Å². The second-order valence-corrected chi connectivity index (χ2v) is 11.7. The third-order valence-electron chi connectivity index (χ3n) is 7.22. The maximum Gasteiger partial charge on any atom is 0.334 e. The molecular weight excluding hydrogens is 554 g/mol. The Kier molecular flexibility index (Phi) is 19.2. The quantitative estimate of drug-likeness (QED) is 0.0833. The maximum atomic E-state index is 12.1. The summed E-state index contributed by atoms with van der Waals surface area (Å²) in [5.41, 5.74) is -1.05. The van der Waals surface area contributed by atoms with Gasteiger partial charge in [-0.05, 0) is 29.5 Å². The molecule has 11 heteroatoms. The second-order valence-electron chi connectivity index (χ2n) is 10.0. The average Bonchev–Trinajstić information content (AvgIpc) is 2.95. The highest BCUT2D eigenvalue weighted by Crippen LogP contribution is 2.46. The highest BCUT2D eigenvalue weighted by molar-refractivity contribution is 7.53. The molecule has 0 radical (unpaired) electrons. The number of hydrogen-bond donors (Lipinski definition) is 8. The van der Waals surface area contributed by atoms with Crippen LogP contribution in [0.25, 0.3) is 0 Å². The fourth-order valence-electron chi connectivity index (χ4n) is 4.88. The van der Waals surface area contributed by atoms with Crippen LogP contribution in [0.3, 0.4) is 0 Å². The van der Waals surface area contributed by atoms with Gasteiger partial charge in [0.2, 0.25) is 0 Å². The molecule has 0 saturated heterocycles. The Bertz CT molecular complexity index is 884. The number of rotatable bonds is 19. The van der Waals surface area contributed by atoms with Crippen LogP contribution in [-0.2, 0) is 16.3 Å². The summed E-state index contributed by atoms with van der Waals surface area (Å²) >= 11 is 0. The van der Waals surface area contributed by atoms with Crippen molar-refractivity contribution in [2.45, 2.75) is 83.2 Å². The first kappa shape index (κ1) is 37.0. The van der Waals surface area contributed by atoms with Crippen molar-refractivity contribution in [1.29, 1.82) is 0 Å². The first-order valence-electron chi connectivity index (χ1n) is 13.9. The molecule has 2 aromatic carbocycles.